The standard InChI is InChI=1S/C12H11F3N2O2/c1-19-11(18)4-9-8(6-17)2-7(5-16)3-10(9)12(13,14)15/h2-3H,4,6,17H2,1H3. The summed E-state index contributed by atoms with van der Waals surface area (Å²) in [6.07, 6.45) is -5.20. The van der Waals surface area contributed by atoms with Gasteiger partial charge in [0.25, 0.3) is 0 Å². The Morgan fingerprint density at radius 3 is 2.53 bits per heavy atom. The molecule has 0 spiro atoms. The Hall–Kier alpha value is -2.07. The number of hydrogen-bond acceptors (Lipinski definition) is 4. The summed E-state index contributed by atoms with van der Waals surface area (Å²) >= 11 is 0. The normalized spacial score (nSPS) is 10.9. The van der Waals surface area contributed by atoms with Crippen molar-refractivity contribution in [3.8, 4) is 6.07 Å². The minimum absolute atomic E-state index is 0.108. The van der Waals surface area contributed by atoms with Gasteiger partial charge in [-0.25, -0.2) is 0 Å². The summed E-state index contributed by atoms with van der Waals surface area (Å²) in [6, 6.07) is 3.59. The van der Waals surface area contributed by atoms with Crippen LogP contribution in [0.1, 0.15) is 22.3 Å². The first-order valence-corrected chi connectivity index (χ1v) is 5.23. The predicted molar refractivity (Wildman–Crippen MR) is 59.8 cm³/mol. The highest BCUT2D eigenvalue weighted by Gasteiger charge is 2.35. The summed E-state index contributed by atoms with van der Waals surface area (Å²) in [7, 11) is 1.08. The SMILES string of the molecule is COC(=O)Cc1c(CN)cc(C#N)cc1C(F)(F)F. The quantitative estimate of drug-likeness (QED) is 0.850. The second kappa shape index (κ2) is 5.71. The molecule has 0 aliphatic rings. The highest BCUT2D eigenvalue weighted by Crippen LogP contribution is 2.34. The topological polar surface area (TPSA) is 76.1 Å². The third-order valence-electron chi connectivity index (χ3n) is 2.55. The minimum atomic E-state index is -4.67. The largest absolute Gasteiger partial charge is 0.469 e. The molecule has 1 aromatic carbocycles. The number of halogens is 3. The number of methoxy groups -OCH3 is 1. The van der Waals surface area contributed by atoms with Gasteiger partial charge >= 0.3 is 12.1 Å². The molecule has 0 saturated carbocycles. The van der Waals surface area contributed by atoms with Gasteiger partial charge in [0.15, 0.2) is 0 Å². The van der Waals surface area contributed by atoms with Crippen LogP contribution in [0.2, 0.25) is 0 Å². The molecule has 0 amide bonds. The molecule has 4 nitrogen and oxygen atoms in total. The molecule has 0 unspecified atom stereocenters. The van der Waals surface area contributed by atoms with Gasteiger partial charge in [-0.15, -0.1) is 0 Å². The number of carbonyl (C=O) groups excluding carboxylic acids is 1. The van der Waals surface area contributed by atoms with Gasteiger partial charge < -0.3 is 10.5 Å². The van der Waals surface area contributed by atoms with E-state index in [0.717, 1.165) is 7.11 Å². The van der Waals surface area contributed by atoms with Gasteiger partial charge in [0.05, 0.1) is 30.7 Å². The Kier molecular flexibility index (Phi) is 4.51. The van der Waals surface area contributed by atoms with E-state index in [0.29, 0.717) is 6.07 Å². The number of ether oxygens (including phenoxy) is 1. The van der Waals surface area contributed by atoms with E-state index in [-0.39, 0.29) is 23.2 Å². The monoisotopic (exact) mass is 272 g/mol. The van der Waals surface area contributed by atoms with E-state index in [2.05, 4.69) is 4.74 Å². The van der Waals surface area contributed by atoms with Crippen molar-refractivity contribution in [1.82, 2.24) is 0 Å². The summed E-state index contributed by atoms with van der Waals surface area (Å²) in [5.74, 6) is -0.801. The summed E-state index contributed by atoms with van der Waals surface area (Å²) in [4.78, 5) is 11.2. The van der Waals surface area contributed by atoms with E-state index >= 15 is 0 Å². The van der Waals surface area contributed by atoms with Gasteiger partial charge in [-0.2, -0.15) is 18.4 Å². The fourth-order valence-corrected chi connectivity index (χ4v) is 1.66. The summed E-state index contributed by atoms with van der Waals surface area (Å²) in [6.45, 7) is -0.203. The third kappa shape index (κ3) is 3.45. The van der Waals surface area contributed by atoms with E-state index in [1.807, 2.05) is 0 Å². The summed E-state index contributed by atoms with van der Waals surface area (Å²) < 4.78 is 43.2. The van der Waals surface area contributed by atoms with Crippen molar-refractivity contribution in [2.45, 2.75) is 19.1 Å². The zero-order valence-corrected chi connectivity index (χ0v) is 10.0. The number of rotatable bonds is 3. The van der Waals surface area contributed by atoms with E-state index in [1.165, 1.54) is 6.07 Å². The molecule has 2 N–H and O–H groups in total. The molecule has 1 rings (SSSR count). The number of benzene rings is 1. The zero-order valence-electron chi connectivity index (χ0n) is 10.0. The van der Waals surface area contributed by atoms with Crippen molar-refractivity contribution in [3.63, 3.8) is 0 Å². The first-order chi connectivity index (χ1) is 8.83. The molecule has 0 bridgehead atoms. The molecule has 0 radical (unpaired) electrons. The maximum atomic E-state index is 12.9. The molecule has 102 valence electrons. The van der Waals surface area contributed by atoms with Crippen LogP contribution in [-0.2, 0) is 28.7 Å². The average Bonchev–Trinajstić information content (AvgIpc) is 2.37. The Balaban J connectivity index is 3.47. The first-order valence-electron chi connectivity index (χ1n) is 5.23. The lowest BCUT2D eigenvalue weighted by atomic mass is 9.95. The molecular formula is C12H11F3N2O2. The molecule has 0 aromatic heterocycles. The van der Waals surface area contributed by atoms with Crippen LogP contribution in [0.3, 0.4) is 0 Å². The highest BCUT2D eigenvalue weighted by molar-refractivity contribution is 5.74. The van der Waals surface area contributed by atoms with E-state index in [4.69, 9.17) is 11.0 Å². The number of hydrogen-bond donors (Lipinski definition) is 1. The van der Waals surface area contributed by atoms with Crippen molar-refractivity contribution < 1.29 is 22.7 Å². The van der Waals surface area contributed by atoms with Crippen molar-refractivity contribution >= 4 is 5.97 Å². The maximum Gasteiger partial charge on any atom is 0.416 e. The molecule has 0 heterocycles. The number of carbonyl (C=O) groups is 1. The maximum absolute atomic E-state index is 12.9. The van der Waals surface area contributed by atoms with Crippen LogP contribution in [-0.4, -0.2) is 13.1 Å². The second-order valence-corrected chi connectivity index (χ2v) is 3.73. The van der Waals surface area contributed by atoms with Gasteiger partial charge in [0.1, 0.15) is 0 Å². The third-order valence-corrected chi connectivity index (χ3v) is 2.55. The van der Waals surface area contributed by atoms with Crippen LogP contribution in [0.5, 0.6) is 0 Å². The Bertz CT molecular complexity index is 533. The van der Waals surface area contributed by atoms with E-state index < -0.39 is 24.1 Å². The van der Waals surface area contributed by atoms with Crippen molar-refractivity contribution in [3.05, 3.63) is 34.4 Å². The molecule has 0 atom stereocenters. The van der Waals surface area contributed by atoms with Crippen molar-refractivity contribution in [1.29, 1.82) is 5.26 Å². The predicted octanol–water partition coefficient (Wildman–Crippen LogP) is 1.75. The van der Waals surface area contributed by atoms with Crippen LogP contribution >= 0.6 is 0 Å². The van der Waals surface area contributed by atoms with Gasteiger partial charge in [0, 0.05) is 6.54 Å². The fraction of sp³-hybridized carbons (Fsp3) is 0.333. The molecule has 0 fully saturated rings. The van der Waals surface area contributed by atoms with Gasteiger partial charge in [-0.3, -0.25) is 4.79 Å². The zero-order chi connectivity index (χ0) is 14.6. The number of nitrogens with zero attached hydrogens (tertiary/aromatic N) is 1. The molecule has 1 aromatic rings. The molecule has 0 aliphatic heterocycles. The number of nitrogens with two attached hydrogens (primary N) is 1. The second-order valence-electron chi connectivity index (χ2n) is 3.73. The lowest BCUT2D eigenvalue weighted by molar-refractivity contribution is -0.141. The molecule has 0 aliphatic carbocycles. The van der Waals surface area contributed by atoms with Crippen molar-refractivity contribution in [2.24, 2.45) is 5.73 Å². The van der Waals surface area contributed by atoms with Crippen LogP contribution in [0, 0.1) is 11.3 Å². The Morgan fingerprint density at radius 2 is 2.11 bits per heavy atom. The van der Waals surface area contributed by atoms with Gasteiger partial charge in [-0.05, 0) is 23.3 Å². The molecular weight excluding hydrogens is 261 g/mol. The number of esters is 1. The van der Waals surface area contributed by atoms with Gasteiger partial charge in [-0.1, -0.05) is 0 Å². The van der Waals surface area contributed by atoms with Crippen LogP contribution < -0.4 is 5.73 Å². The van der Waals surface area contributed by atoms with Crippen LogP contribution in [0.15, 0.2) is 12.1 Å². The van der Waals surface area contributed by atoms with Crippen molar-refractivity contribution in [2.75, 3.05) is 7.11 Å². The number of alkyl halides is 3. The van der Waals surface area contributed by atoms with Gasteiger partial charge in [0.2, 0.25) is 0 Å². The summed E-state index contributed by atoms with van der Waals surface area (Å²) in [5, 5.41) is 8.72. The Labute approximate surface area is 107 Å². The summed E-state index contributed by atoms with van der Waals surface area (Å²) in [5.41, 5.74) is 4.05. The highest BCUT2D eigenvalue weighted by atomic mass is 19.4. The number of nitriles is 1. The smallest absolute Gasteiger partial charge is 0.416 e. The molecule has 7 heteroatoms. The lowest BCUT2D eigenvalue weighted by Gasteiger charge is -2.16. The van der Waals surface area contributed by atoms with E-state index in [9.17, 15) is 18.0 Å². The molecule has 19 heavy (non-hydrogen) atoms. The average molecular weight is 272 g/mol. The van der Waals surface area contributed by atoms with Crippen LogP contribution in [0.4, 0.5) is 13.2 Å². The Morgan fingerprint density at radius 1 is 1.47 bits per heavy atom. The molecule has 0 saturated heterocycles. The lowest BCUT2D eigenvalue weighted by Crippen LogP contribution is -2.17. The fourth-order valence-electron chi connectivity index (χ4n) is 1.66. The van der Waals surface area contributed by atoms with Crippen LogP contribution in [0.25, 0.3) is 0 Å². The first kappa shape index (κ1) is 15.0. The minimum Gasteiger partial charge on any atom is -0.469 e. The van der Waals surface area contributed by atoms with E-state index in [1.54, 1.807) is 6.07 Å².